The normalized spacial score (nSPS) is 10.2. The Labute approximate surface area is 122 Å². The van der Waals surface area contributed by atoms with E-state index in [1.807, 2.05) is 18.2 Å². The van der Waals surface area contributed by atoms with Gasteiger partial charge in [-0.25, -0.2) is 0 Å². The van der Waals surface area contributed by atoms with Crippen LogP contribution < -0.4 is 15.8 Å². The van der Waals surface area contributed by atoms with Crippen molar-refractivity contribution in [1.29, 1.82) is 0 Å². The molecule has 0 aliphatic carbocycles. The fourth-order valence-electron chi connectivity index (χ4n) is 1.46. The smallest absolute Gasteiger partial charge is 0.135 e. The number of nitrogens with zero attached hydrogens (tertiary/aromatic N) is 1. The van der Waals surface area contributed by atoms with E-state index in [9.17, 15) is 0 Å². The maximum absolute atomic E-state index is 5.87. The van der Waals surface area contributed by atoms with Gasteiger partial charge in [-0.2, -0.15) is 0 Å². The average molecular weight is 373 g/mol. The molecule has 6 heteroatoms. The number of halogens is 2. The Morgan fingerprint density at radius 2 is 2.00 bits per heavy atom. The number of ether oxygens (including phenoxy) is 1. The molecule has 2 rings (SSSR count). The SMILES string of the molecule is COc1cc(Nc2c(N)cncc2Br)ccc1Br. The fourth-order valence-corrected chi connectivity index (χ4v) is 2.32. The molecule has 0 bridgehead atoms. The molecular formula is C12H11Br2N3O. The summed E-state index contributed by atoms with van der Waals surface area (Å²) in [5.74, 6) is 0.753. The molecule has 3 N–H and O–H groups in total. The molecule has 1 aromatic heterocycles. The monoisotopic (exact) mass is 371 g/mol. The van der Waals surface area contributed by atoms with Gasteiger partial charge in [0.25, 0.3) is 0 Å². The lowest BCUT2D eigenvalue weighted by atomic mass is 10.2. The van der Waals surface area contributed by atoms with Crippen molar-refractivity contribution in [3.8, 4) is 5.75 Å². The topological polar surface area (TPSA) is 60.2 Å². The molecule has 94 valence electrons. The molecule has 0 radical (unpaired) electrons. The van der Waals surface area contributed by atoms with Gasteiger partial charge in [0.2, 0.25) is 0 Å². The highest BCUT2D eigenvalue weighted by Crippen LogP contribution is 2.33. The van der Waals surface area contributed by atoms with Crippen molar-refractivity contribution >= 4 is 48.9 Å². The molecule has 18 heavy (non-hydrogen) atoms. The van der Waals surface area contributed by atoms with E-state index in [-0.39, 0.29) is 0 Å². The Hall–Kier alpha value is -1.27. The summed E-state index contributed by atoms with van der Waals surface area (Å²) in [5, 5.41) is 3.23. The zero-order valence-corrected chi connectivity index (χ0v) is 12.7. The number of methoxy groups -OCH3 is 1. The summed E-state index contributed by atoms with van der Waals surface area (Å²) in [4.78, 5) is 3.99. The summed E-state index contributed by atoms with van der Waals surface area (Å²) in [5.41, 5.74) is 8.12. The maximum atomic E-state index is 5.87. The first kappa shape index (κ1) is 13.2. The molecule has 0 saturated carbocycles. The number of hydrogen-bond donors (Lipinski definition) is 2. The molecular weight excluding hydrogens is 362 g/mol. The van der Waals surface area contributed by atoms with Gasteiger partial charge in [0, 0.05) is 18.0 Å². The summed E-state index contributed by atoms with van der Waals surface area (Å²) in [6, 6.07) is 5.72. The highest BCUT2D eigenvalue weighted by molar-refractivity contribution is 9.11. The van der Waals surface area contributed by atoms with Crippen LogP contribution in [0.25, 0.3) is 0 Å². The summed E-state index contributed by atoms with van der Waals surface area (Å²) in [6.07, 6.45) is 3.29. The zero-order chi connectivity index (χ0) is 13.1. The quantitative estimate of drug-likeness (QED) is 0.856. The Balaban J connectivity index is 2.34. The fraction of sp³-hybridized carbons (Fsp3) is 0.0833. The Morgan fingerprint density at radius 1 is 1.22 bits per heavy atom. The van der Waals surface area contributed by atoms with Crippen molar-refractivity contribution < 1.29 is 4.74 Å². The van der Waals surface area contributed by atoms with Gasteiger partial charge in [-0.1, -0.05) is 0 Å². The Bertz CT molecular complexity index is 555. The van der Waals surface area contributed by atoms with E-state index in [2.05, 4.69) is 42.2 Å². The summed E-state index contributed by atoms with van der Waals surface area (Å²) < 4.78 is 6.95. The number of nitrogen functional groups attached to an aromatic ring is 1. The van der Waals surface area contributed by atoms with Crippen molar-refractivity contribution in [3.63, 3.8) is 0 Å². The lowest BCUT2D eigenvalue weighted by Crippen LogP contribution is -1.98. The van der Waals surface area contributed by atoms with Gasteiger partial charge in [0.1, 0.15) is 5.75 Å². The predicted molar refractivity (Wildman–Crippen MR) is 80.3 cm³/mol. The predicted octanol–water partition coefficient (Wildman–Crippen LogP) is 3.94. The first-order chi connectivity index (χ1) is 8.61. The molecule has 0 aliphatic rings. The van der Waals surface area contributed by atoms with Crippen molar-refractivity contribution in [2.75, 3.05) is 18.2 Å². The lowest BCUT2D eigenvalue weighted by molar-refractivity contribution is 0.412. The largest absolute Gasteiger partial charge is 0.495 e. The third kappa shape index (κ3) is 2.76. The van der Waals surface area contributed by atoms with Crippen LogP contribution in [0.2, 0.25) is 0 Å². The number of benzene rings is 1. The Morgan fingerprint density at radius 3 is 2.67 bits per heavy atom. The minimum absolute atomic E-state index is 0.575. The third-order valence-electron chi connectivity index (χ3n) is 2.35. The van der Waals surface area contributed by atoms with E-state index in [0.717, 1.165) is 26.1 Å². The minimum atomic E-state index is 0.575. The summed E-state index contributed by atoms with van der Waals surface area (Å²) >= 11 is 6.82. The number of pyridine rings is 1. The van der Waals surface area contributed by atoms with Crippen molar-refractivity contribution in [1.82, 2.24) is 4.98 Å². The highest BCUT2D eigenvalue weighted by atomic mass is 79.9. The van der Waals surface area contributed by atoms with Crippen LogP contribution in [0.3, 0.4) is 0 Å². The van der Waals surface area contributed by atoms with Crippen LogP contribution in [0.1, 0.15) is 0 Å². The molecule has 0 atom stereocenters. The van der Waals surface area contributed by atoms with Crippen LogP contribution in [0.5, 0.6) is 5.75 Å². The number of hydrogen-bond acceptors (Lipinski definition) is 4. The van der Waals surface area contributed by atoms with Gasteiger partial charge in [-0.05, 0) is 44.0 Å². The van der Waals surface area contributed by atoms with Crippen LogP contribution >= 0.6 is 31.9 Å². The van der Waals surface area contributed by atoms with Crippen LogP contribution in [-0.4, -0.2) is 12.1 Å². The molecule has 0 amide bonds. The van der Waals surface area contributed by atoms with Gasteiger partial charge < -0.3 is 15.8 Å². The van der Waals surface area contributed by atoms with E-state index in [0.29, 0.717) is 5.69 Å². The molecule has 1 aromatic carbocycles. The van der Waals surface area contributed by atoms with Crippen molar-refractivity contribution in [3.05, 3.63) is 39.5 Å². The number of anilines is 3. The van der Waals surface area contributed by atoms with Crippen LogP contribution in [0.4, 0.5) is 17.1 Å². The maximum Gasteiger partial charge on any atom is 0.135 e. The second kappa shape index (κ2) is 5.58. The molecule has 0 saturated heterocycles. The van der Waals surface area contributed by atoms with E-state index in [1.165, 1.54) is 0 Å². The highest BCUT2D eigenvalue weighted by Gasteiger charge is 2.07. The molecule has 0 fully saturated rings. The molecule has 1 heterocycles. The number of aromatic nitrogens is 1. The summed E-state index contributed by atoms with van der Waals surface area (Å²) in [6.45, 7) is 0. The zero-order valence-electron chi connectivity index (χ0n) is 9.58. The van der Waals surface area contributed by atoms with Crippen molar-refractivity contribution in [2.45, 2.75) is 0 Å². The first-order valence-corrected chi connectivity index (χ1v) is 6.70. The van der Waals surface area contributed by atoms with Crippen LogP contribution in [0.15, 0.2) is 39.5 Å². The number of rotatable bonds is 3. The minimum Gasteiger partial charge on any atom is -0.495 e. The summed E-state index contributed by atoms with van der Waals surface area (Å²) in [7, 11) is 1.63. The van der Waals surface area contributed by atoms with Gasteiger partial charge in [0.15, 0.2) is 0 Å². The first-order valence-electron chi connectivity index (χ1n) is 5.11. The van der Waals surface area contributed by atoms with Crippen LogP contribution in [0, 0.1) is 0 Å². The average Bonchev–Trinajstić information content (AvgIpc) is 2.36. The molecule has 0 unspecified atom stereocenters. The standard InChI is InChI=1S/C12H11Br2N3O/c1-18-11-4-7(2-3-8(11)13)17-12-9(14)5-16-6-10(12)15/h2-6H,15H2,1H3,(H,16,17). The molecule has 4 nitrogen and oxygen atoms in total. The van der Waals surface area contributed by atoms with Crippen LogP contribution in [-0.2, 0) is 0 Å². The van der Waals surface area contributed by atoms with E-state index in [1.54, 1.807) is 19.5 Å². The van der Waals surface area contributed by atoms with Crippen molar-refractivity contribution in [2.24, 2.45) is 0 Å². The second-order valence-corrected chi connectivity index (χ2v) is 5.27. The van der Waals surface area contributed by atoms with Gasteiger partial charge in [0.05, 0.1) is 33.6 Å². The van der Waals surface area contributed by atoms with Gasteiger partial charge >= 0.3 is 0 Å². The molecule has 2 aromatic rings. The van der Waals surface area contributed by atoms with E-state index >= 15 is 0 Å². The van der Waals surface area contributed by atoms with Gasteiger partial charge in [-0.15, -0.1) is 0 Å². The second-order valence-electron chi connectivity index (χ2n) is 3.56. The van der Waals surface area contributed by atoms with E-state index < -0.39 is 0 Å². The number of nitrogens with two attached hydrogens (primary N) is 1. The third-order valence-corrected chi connectivity index (χ3v) is 3.61. The molecule has 0 spiro atoms. The lowest BCUT2D eigenvalue weighted by Gasteiger charge is -2.12. The van der Waals surface area contributed by atoms with E-state index in [4.69, 9.17) is 10.5 Å². The van der Waals surface area contributed by atoms with Gasteiger partial charge in [-0.3, -0.25) is 4.98 Å². The number of nitrogens with one attached hydrogen (secondary N) is 1. The Kier molecular flexibility index (Phi) is 4.08. The molecule has 0 aliphatic heterocycles.